The number of piperidine rings is 1. The maximum absolute atomic E-state index is 11.6. The topological polar surface area (TPSA) is 107 Å². The van der Waals surface area contributed by atoms with Crippen LogP contribution in [0.3, 0.4) is 0 Å². The van der Waals surface area contributed by atoms with Crippen molar-refractivity contribution in [2.45, 2.75) is 503 Å². The molecule has 0 radical (unpaired) electrons. The summed E-state index contributed by atoms with van der Waals surface area (Å²) in [6, 6.07) is 7.58. The van der Waals surface area contributed by atoms with Gasteiger partial charge in [0.25, 0.3) is 0 Å². The first-order valence-corrected chi connectivity index (χ1v) is 52.0. The smallest absolute Gasteiger partial charge is 0.165 e. The van der Waals surface area contributed by atoms with E-state index in [0.29, 0.717) is 104 Å². The highest BCUT2D eigenvalue weighted by atomic mass is 32.2. The fourth-order valence-corrected chi connectivity index (χ4v) is 25.9. The van der Waals surface area contributed by atoms with Crippen LogP contribution in [0, 0.1) is 54.7 Å². The average Bonchev–Trinajstić information content (AvgIpc) is 1.53. The van der Waals surface area contributed by atoms with Crippen LogP contribution < -0.4 is 0 Å². The number of carbonyl (C=O) groups is 1. The summed E-state index contributed by atoms with van der Waals surface area (Å²) in [5, 5.41) is 0. The van der Waals surface area contributed by atoms with E-state index >= 15 is 0 Å². The maximum atomic E-state index is 11.6. The molecule has 9 heterocycles. The van der Waals surface area contributed by atoms with Crippen molar-refractivity contribution in [1.29, 1.82) is 0 Å². The predicted octanol–water partition coefficient (Wildman–Crippen LogP) is 23.6. The molecule has 118 heavy (non-hydrogen) atoms. The predicted molar refractivity (Wildman–Crippen MR) is 523 cm³/mol. The second kappa shape index (κ2) is 43.4. The molecule has 9 aliphatic heterocycles. The van der Waals surface area contributed by atoms with E-state index in [1.165, 1.54) is 89.2 Å². The highest BCUT2D eigenvalue weighted by Gasteiger charge is 2.65. The number of ketones is 1. The van der Waals surface area contributed by atoms with Gasteiger partial charge in [0.1, 0.15) is 11.7 Å². The number of hydrogen-bond acceptors (Lipinski definition) is 15. The second-order valence-corrected chi connectivity index (χ2v) is 57.5. The molecule has 1 spiro atoms. The molecular weight excluding hydrogens is 1520 g/mol. The van der Waals surface area contributed by atoms with Gasteiger partial charge in [-0.1, -0.05) is 186 Å². The van der Waals surface area contributed by atoms with Crippen LogP contribution >= 0.6 is 11.8 Å². The highest BCUT2D eigenvalue weighted by molar-refractivity contribution is 7.99. The number of ether oxygens (including phenoxy) is 1. The number of hydrogen-bond donors (Lipinski definition) is 0. The summed E-state index contributed by atoms with van der Waals surface area (Å²) < 4.78 is 40.2. The Kier molecular flexibility index (Phi) is 41.9. The maximum Gasteiger partial charge on any atom is 0.165 e. The zero-order valence-corrected chi connectivity index (χ0v) is 90.6. The summed E-state index contributed by atoms with van der Waals surface area (Å²) in [7, 11) is -3.47. The summed E-state index contributed by atoms with van der Waals surface area (Å²) in [6.45, 7) is 121. The molecule has 704 valence electrons. The van der Waals surface area contributed by atoms with E-state index in [0.717, 1.165) is 85.4 Å². The van der Waals surface area contributed by atoms with Crippen molar-refractivity contribution in [3.8, 4) is 0 Å². The first-order valence-electron chi connectivity index (χ1n) is 47.6. The molecule has 14 nitrogen and oxygen atoms in total. The Labute approximate surface area is 744 Å². The Balaban J connectivity index is 0.000000450. The zero-order valence-electron chi connectivity index (χ0n) is 88.1. The molecule has 0 N–H and O–H groups in total. The van der Waals surface area contributed by atoms with Crippen LogP contribution in [0.15, 0.2) is 0 Å². The Hall–Kier alpha value is -0.280. The Morgan fingerprint density at radius 1 is 0.407 bits per heavy atom. The summed E-state index contributed by atoms with van der Waals surface area (Å²) >= 11 is 2.07. The minimum atomic E-state index is -2.85. The lowest BCUT2D eigenvalue weighted by atomic mass is 9.68. The van der Waals surface area contributed by atoms with Crippen LogP contribution in [-0.2, 0) is 30.2 Å². The van der Waals surface area contributed by atoms with Gasteiger partial charge in [0.2, 0.25) is 0 Å². The van der Waals surface area contributed by atoms with Crippen LogP contribution in [0.4, 0.5) is 0 Å². The number of carbonyl (C=O) groups excluding carboxylic acids is 1. The quantitative estimate of drug-likeness (QED) is 0.260. The Bertz CT molecular complexity index is 2880. The number of likely N-dealkylation sites (tertiary alicyclic amines) is 5. The standard InChI is InChI=1S/C13H25N.C13H27N.C12H25NO.C12H25N.C11H21NO.C11H23N.C10H21NO2S.C10H21NOS.C9H19NS/c1-11(2,3)10-13(7-8-13)9-14(10)12(4,5)6;1-12(2,3)11-9-7-8-10-14(11)13(4,5)6;1-11(2,3)10-9-14-8-7-13(10)12(4,5)6;1-11(2,3)10-8-7-9-13(10)12(4,5)6;1-8(2)12-7-9(13)6-10(12)11(3,4)5;1-10(2,3)9-7-8-12(9)11(4,5)6;1-8(2)11-7-14(12,13)6-9(11)10(3,4)5;1-8(2)11-7-13(12)6-9(11)10(3,4)5;1-7(2)9-5-11-6-10(9)8(3)4/h10H,7-9H2,1-6H3;11H,7-10H2,1-6H3;10H,7-9H2,1-6H3;10H,7-9H2,1-6H3;8,10H,6-7H2,1-5H3;9H,7-8H2,1-6H3;8-9H,6-7H2,1-5H3;8-9H,6-7H2,1-5H3;7-9H,5-6H2,1-4H3. The third-order valence-corrected chi connectivity index (χ3v) is 30.9. The van der Waals surface area contributed by atoms with E-state index in [9.17, 15) is 17.4 Å². The largest absolute Gasteiger partial charge is 0.378 e. The zero-order chi connectivity index (χ0) is 92.6. The molecule has 0 amide bonds. The van der Waals surface area contributed by atoms with Crippen molar-refractivity contribution in [1.82, 2.24) is 44.1 Å². The molecule has 10 unspecified atom stereocenters. The van der Waals surface area contributed by atoms with E-state index < -0.39 is 20.6 Å². The van der Waals surface area contributed by atoms with Crippen LogP contribution in [0.5, 0.6) is 0 Å². The number of Topliss-reactive ketones (excluding diaryl/α,β-unsaturated/α-hetero) is 1. The van der Waals surface area contributed by atoms with Crippen LogP contribution in [0.25, 0.3) is 0 Å². The molecule has 0 aromatic rings. The third-order valence-electron chi connectivity index (χ3n) is 27.1. The summed E-state index contributed by atoms with van der Waals surface area (Å²) in [5.74, 6) is 5.93. The number of sulfone groups is 1. The number of nitrogens with zero attached hydrogens (tertiary/aromatic N) is 9. The van der Waals surface area contributed by atoms with Gasteiger partial charge in [0, 0.05) is 160 Å². The summed E-state index contributed by atoms with van der Waals surface area (Å²) in [6.07, 6.45) is 12.0. The van der Waals surface area contributed by atoms with Crippen molar-refractivity contribution in [2.24, 2.45) is 54.7 Å². The first-order chi connectivity index (χ1) is 52.5. The molecule has 0 bridgehead atoms. The van der Waals surface area contributed by atoms with Gasteiger partial charge in [-0.05, 0) is 272 Å². The number of rotatable bonds is 5. The van der Waals surface area contributed by atoms with Gasteiger partial charge in [0.05, 0.1) is 31.4 Å². The highest BCUT2D eigenvalue weighted by Crippen LogP contribution is 2.64. The fraction of sp³-hybridized carbons (Fsp3) is 0.990. The van der Waals surface area contributed by atoms with Crippen LogP contribution in [-0.4, -0.2) is 256 Å². The van der Waals surface area contributed by atoms with E-state index in [-0.39, 0.29) is 33.7 Å². The number of morpholine rings is 1. The fourth-order valence-electron chi connectivity index (χ4n) is 20.1. The average molecular weight is 1720 g/mol. The van der Waals surface area contributed by atoms with E-state index in [1.807, 2.05) is 0 Å². The van der Waals surface area contributed by atoms with Gasteiger partial charge in [-0.2, -0.15) is 0 Å². The first kappa shape index (κ1) is 114. The minimum absolute atomic E-state index is 0.0356. The van der Waals surface area contributed by atoms with Gasteiger partial charge in [-0.15, -0.1) is 11.8 Å². The van der Waals surface area contributed by atoms with E-state index in [4.69, 9.17) is 4.74 Å². The van der Waals surface area contributed by atoms with E-state index in [2.05, 4.69) is 395 Å². The molecule has 17 heteroatoms. The van der Waals surface area contributed by atoms with Crippen molar-refractivity contribution in [3.63, 3.8) is 0 Å². The Morgan fingerprint density at radius 3 is 1.07 bits per heavy atom. The Morgan fingerprint density at radius 2 is 0.780 bits per heavy atom. The molecular formula is C101H207N9O5S3. The summed E-state index contributed by atoms with van der Waals surface area (Å²) in [4.78, 5) is 34.1. The number of thioether (sulfide) groups is 1. The van der Waals surface area contributed by atoms with Gasteiger partial charge in [-0.3, -0.25) is 53.1 Å². The lowest BCUT2D eigenvalue weighted by molar-refractivity contribution is -0.119. The third kappa shape index (κ3) is 35.6. The van der Waals surface area contributed by atoms with Crippen LogP contribution in [0.1, 0.15) is 397 Å². The minimum Gasteiger partial charge on any atom is -0.378 e. The molecule has 10 aliphatic rings. The molecule has 10 atom stereocenters. The van der Waals surface area contributed by atoms with Crippen molar-refractivity contribution < 1.29 is 22.2 Å². The van der Waals surface area contributed by atoms with Gasteiger partial charge < -0.3 is 4.74 Å². The lowest BCUT2D eigenvalue weighted by Crippen LogP contribution is -2.68. The van der Waals surface area contributed by atoms with Gasteiger partial charge in [0.15, 0.2) is 9.84 Å². The SMILES string of the molecule is CC(C)(C)C1CCCCN1C(C)(C)C.CC(C)(C)C1CCCN1C(C)(C)C.CC(C)(C)C1CCN1C(C)(C)C.CC(C)(C)C1COCCN1C(C)(C)C.CC(C)(C)C1N(C(C)(C)C)CC12CC2.CC(C)C1CSCN1C(C)C.CC(C)N1CC(=O)CC1C(C)(C)C.CC(C)N1CS(=O)(=O)CC1C(C)(C)C.CC(C)N1CS(=O)CC1C(C)(C)C. The second-order valence-electron chi connectivity index (χ2n) is 53.0. The molecule has 1 aliphatic carbocycles. The normalized spacial score (nSPS) is 28.0. The van der Waals surface area contributed by atoms with Crippen molar-refractivity contribution in [2.75, 3.05) is 87.4 Å². The molecule has 9 saturated heterocycles. The molecule has 10 rings (SSSR count). The molecule has 0 aromatic heterocycles. The van der Waals surface area contributed by atoms with Crippen molar-refractivity contribution in [3.05, 3.63) is 0 Å². The molecule has 1 saturated carbocycles. The monoisotopic (exact) mass is 1720 g/mol. The van der Waals surface area contributed by atoms with Gasteiger partial charge >= 0.3 is 0 Å². The molecule has 10 fully saturated rings. The lowest BCUT2D eigenvalue weighted by Gasteiger charge is -2.60. The van der Waals surface area contributed by atoms with Crippen LogP contribution in [0.2, 0.25) is 0 Å². The molecule has 0 aromatic carbocycles. The summed E-state index contributed by atoms with van der Waals surface area (Å²) in [5.41, 5.74) is 4.92. The van der Waals surface area contributed by atoms with E-state index in [1.54, 1.807) is 0 Å². The van der Waals surface area contributed by atoms with Gasteiger partial charge in [-0.25, -0.2) is 8.42 Å². The van der Waals surface area contributed by atoms with Crippen molar-refractivity contribution >= 4 is 38.2 Å².